The molecule has 0 bridgehead atoms. The molecular formula is C33H37N9O3. The van der Waals surface area contributed by atoms with Crippen molar-refractivity contribution in [2.45, 2.75) is 38.4 Å². The van der Waals surface area contributed by atoms with Crippen LogP contribution in [-0.4, -0.2) is 91.1 Å². The number of amides is 1. The summed E-state index contributed by atoms with van der Waals surface area (Å²) in [5, 5.41) is 10.0. The van der Waals surface area contributed by atoms with Crippen LogP contribution in [0.25, 0.3) is 16.9 Å². The van der Waals surface area contributed by atoms with Crippen molar-refractivity contribution in [2.75, 3.05) is 45.5 Å². The SMILES string of the molecule is CN1CCN(C(C)(C)/C=C(/C#N)C(=O)N2CC[C@H]2Cn2c(=O)n(-c3ccc(Oc4ccccc4)cc3)c3c(N)ncnc32)CC1. The number of hydrogen-bond acceptors (Lipinski definition) is 9. The van der Waals surface area contributed by atoms with E-state index >= 15 is 0 Å². The first kappa shape index (κ1) is 30.1. The van der Waals surface area contributed by atoms with Gasteiger partial charge in [-0.25, -0.2) is 14.8 Å². The third-order valence-corrected chi connectivity index (χ3v) is 8.77. The van der Waals surface area contributed by atoms with Crippen molar-refractivity contribution in [3.8, 4) is 23.3 Å². The first-order chi connectivity index (χ1) is 21.7. The molecule has 1 amide bonds. The van der Waals surface area contributed by atoms with Crippen LogP contribution >= 0.6 is 0 Å². The fraction of sp³-hybridized carbons (Fsp3) is 0.364. The maximum atomic E-state index is 13.9. The highest BCUT2D eigenvalue weighted by Crippen LogP contribution is 2.28. The Hall–Kier alpha value is -4.99. The molecule has 2 saturated heterocycles. The predicted molar refractivity (Wildman–Crippen MR) is 171 cm³/mol. The fourth-order valence-electron chi connectivity index (χ4n) is 6.03. The number of likely N-dealkylation sites (N-methyl/N-ethyl adjacent to an activating group) is 1. The normalized spacial score (nSPS) is 18.0. The quantitative estimate of drug-likeness (QED) is 0.237. The summed E-state index contributed by atoms with van der Waals surface area (Å²) in [6.07, 6.45) is 3.81. The van der Waals surface area contributed by atoms with Gasteiger partial charge in [0.15, 0.2) is 11.5 Å². The van der Waals surface area contributed by atoms with Crippen LogP contribution in [0, 0.1) is 11.3 Å². The number of nitrogens with zero attached hydrogens (tertiary/aromatic N) is 8. The molecule has 2 aromatic heterocycles. The Morgan fingerprint density at radius 3 is 2.38 bits per heavy atom. The number of fused-ring (bicyclic) bond motifs is 1. The minimum atomic E-state index is -0.456. The van der Waals surface area contributed by atoms with Gasteiger partial charge in [0.25, 0.3) is 5.91 Å². The summed E-state index contributed by atoms with van der Waals surface area (Å²) in [7, 11) is 2.09. The Labute approximate surface area is 261 Å². The Kier molecular flexibility index (Phi) is 8.14. The predicted octanol–water partition coefficient (Wildman–Crippen LogP) is 3.03. The molecule has 2 fully saturated rings. The van der Waals surface area contributed by atoms with E-state index in [2.05, 4.69) is 32.9 Å². The van der Waals surface area contributed by atoms with Crippen LogP contribution < -0.4 is 16.2 Å². The average Bonchev–Trinajstić information content (AvgIpc) is 3.31. The molecule has 0 spiro atoms. The van der Waals surface area contributed by atoms with E-state index < -0.39 is 5.54 Å². The largest absolute Gasteiger partial charge is 0.457 e. The van der Waals surface area contributed by atoms with E-state index in [0.717, 1.165) is 26.2 Å². The molecule has 4 heterocycles. The van der Waals surface area contributed by atoms with Gasteiger partial charge in [0.05, 0.1) is 11.7 Å². The van der Waals surface area contributed by atoms with E-state index in [0.29, 0.717) is 41.3 Å². The number of nitriles is 1. The molecule has 2 aromatic carbocycles. The highest BCUT2D eigenvalue weighted by molar-refractivity contribution is 5.98. The van der Waals surface area contributed by atoms with Gasteiger partial charge in [-0.05, 0) is 69.8 Å². The zero-order valence-corrected chi connectivity index (χ0v) is 25.8. The number of aromatic nitrogens is 4. The third kappa shape index (κ3) is 5.92. The van der Waals surface area contributed by atoms with Crippen molar-refractivity contribution in [2.24, 2.45) is 0 Å². The lowest BCUT2D eigenvalue weighted by Crippen LogP contribution is -2.55. The van der Waals surface area contributed by atoms with Gasteiger partial charge in [0, 0.05) is 44.8 Å². The number of nitrogen functional groups attached to an aromatic ring is 1. The molecule has 0 radical (unpaired) electrons. The van der Waals surface area contributed by atoms with Crippen LogP contribution in [0.5, 0.6) is 11.5 Å². The second kappa shape index (κ2) is 12.2. The number of carbonyl (C=O) groups excluding carboxylic acids is 1. The number of carbonyl (C=O) groups is 1. The van der Waals surface area contributed by atoms with Crippen molar-refractivity contribution in [3.05, 3.63) is 83.1 Å². The van der Waals surface area contributed by atoms with E-state index in [1.807, 2.05) is 44.2 Å². The zero-order valence-electron chi connectivity index (χ0n) is 25.8. The summed E-state index contributed by atoms with van der Waals surface area (Å²) >= 11 is 0. The molecule has 45 heavy (non-hydrogen) atoms. The van der Waals surface area contributed by atoms with Crippen molar-refractivity contribution in [1.82, 2.24) is 33.8 Å². The standard InChI is InChI=1S/C33H37N9O3/c1-33(2,39-17-15-38(3)16-18-39)19-23(20-34)31(43)40-14-13-25(40)21-41-30-28(29(35)36-22-37-30)42(32(41)44)24-9-11-27(12-10-24)45-26-7-5-4-6-8-26/h4-12,19,22,25H,13-18,21H2,1-3H3,(H2,35,36,37)/b23-19-/t25-/m0/s1. The number of rotatable bonds is 8. The Balaban J connectivity index is 1.25. The van der Waals surface area contributed by atoms with E-state index in [1.54, 1.807) is 35.2 Å². The van der Waals surface area contributed by atoms with E-state index in [4.69, 9.17) is 10.5 Å². The molecule has 12 heteroatoms. The second-order valence-electron chi connectivity index (χ2n) is 12.1. The van der Waals surface area contributed by atoms with Gasteiger partial charge in [0.1, 0.15) is 35.0 Å². The number of piperazine rings is 1. The van der Waals surface area contributed by atoms with Crippen molar-refractivity contribution in [3.63, 3.8) is 0 Å². The topological polar surface area (TPSA) is 139 Å². The summed E-state index contributed by atoms with van der Waals surface area (Å²) < 4.78 is 8.94. The van der Waals surface area contributed by atoms with Crippen LogP contribution in [0.15, 0.2) is 77.4 Å². The van der Waals surface area contributed by atoms with E-state index in [-0.39, 0.29) is 35.6 Å². The Morgan fingerprint density at radius 1 is 1.04 bits per heavy atom. The number of hydrogen-bond donors (Lipinski definition) is 1. The van der Waals surface area contributed by atoms with Crippen LogP contribution in [-0.2, 0) is 11.3 Å². The summed E-state index contributed by atoms with van der Waals surface area (Å²) in [4.78, 5) is 42.3. The number of ether oxygens (including phenoxy) is 1. The number of imidazole rings is 1. The molecule has 6 rings (SSSR count). The lowest BCUT2D eigenvalue weighted by molar-refractivity contribution is -0.134. The molecule has 232 valence electrons. The molecular weight excluding hydrogens is 570 g/mol. The van der Waals surface area contributed by atoms with Gasteiger partial charge in [-0.15, -0.1) is 0 Å². The van der Waals surface area contributed by atoms with Gasteiger partial charge in [-0.3, -0.25) is 18.8 Å². The Morgan fingerprint density at radius 2 is 1.73 bits per heavy atom. The van der Waals surface area contributed by atoms with Crippen LogP contribution in [0.3, 0.4) is 0 Å². The number of benzene rings is 2. The van der Waals surface area contributed by atoms with E-state index in [9.17, 15) is 14.9 Å². The molecule has 0 aliphatic carbocycles. The second-order valence-corrected chi connectivity index (χ2v) is 12.1. The maximum Gasteiger partial charge on any atom is 0.335 e. The number of likely N-dealkylation sites (tertiary alicyclic amines) is 1. The number of nitrogens with two attached hydrogens (primary N) is 1. The average molecular weight is 608 g/mol. The first-order valence-corrected chi connectivity index (χ1v) is 15.1. The summed E-state index contributed by atoms with van der Waals surface area (Å²) in [5.41, 5.74) is 6.94. The molecule has 2 N–H and O–H groups in total. The maximum absolute atomic E-state index is 13.9. The van der Waals surface area contributed by atoms with Gasteiger partial charge in [-0.2, -0.15) is 5.26 Å². The van der Waals surface area contributed by atoms with Crippen molar-refractivity contribution >= 4 is 22.9 Å². The molecule has 4 aromatic rings. The molecule has 0 unspecified atom stereocenters. The number of para-hydroxylation sites is 1. The third-order valence-electron chi connectivity index (χ3n) is 8.77. The molecule has 1 atom stereocenters. The number of anilines is 1. The lowest BCUT2D eigenvalue weighted by atomic mass is 9.95. The summed E-state index contributed by atoms with van der Waals surface area (Å²) in [6, 6.07) is 18.4. The van der Waals surface area contributed by atoms with Gasteiger partial charge in [-0.1, -0.05) is 18.2 Å². The Bertz CT molecular complexity index is 1830. The summed E-state index contributed by atoms with van der Waals surface area (Å²) in [6.45, 7) is 8.38. The van der Waals surface area contributed by atoms with Crippen molar-refractivity contribution in [1.29, 1.82) is 5.26 Å². The smallest absolute Gasteiger partial charge is 0.335 e. The van der Waals surface area contributed by atoms with Gasteiger partial charge in [0.2, 0.25) is 0 Å². The minimum Gasteiger partial charge on any atom is -0.457 e. The monoisotopic (exact) mass is 607 g/mol. The molecule has 0 saturated carbocycles. The van der Waals surface area contributed by atoms with Crippen LogP contribution in [0.4, 0.5) is 5.82 Å². The van der Waals surface area contributed by atoms with Gasteiger partial charge >= 0.3 is 5.69 Å². The molecule has 2 aliphatic rings. The van der Waals surface area contributed by atoms with Gasteiger partial charge < -0.3 is 20.3 Å². The fourth-order valence-corrected chi connectivity index (χ4v) is 6.03. The van der Waals surface area contributed by atoms with Crippen LogP contribution in [0.2, 0.25) is 0 Å². The lowest BCUT2D eigenvalue weighted by Gasteiger charge is -2.43. The highest BCUT2D eigenvalue weighted by atomic mass is 16.5. The molecule has 2 aliphatic heterocycles. The zero-order chi connectivity index (χ0) is 31.7. The van der Waals surface area contributed by atoms with Crippen molar-refractivity contribution < 1.29 is 9.53 Å². The minimum absolute atomic E-state index is 0.114. The van der Waals surface area contributed by atoms with Crippen LogP contribution in [0.1, 0.15) is 20.3 Å². The summed E-state index contributed by atoms with van der Waals surface area (Å²) in [5.74, 6) is 1.17. The van der Waals surface area contributed by atoms with E-state index in [1.165, 1.54) is 15.5 Å². The highest BCUT2D eigenvalue weighted by Gasteiger charge is 2.37. The molecule has 12 nitrogen and oxygen atoms in total. The first-order valence-electron chi connectivity index (χ1n) is 15.1.